The lowest BCUT2D eigenvalue weighted by Crippen LogP contribution is -2.49. The smallest absolute Gasteiger partial charge is 0.321 e. The molecule has 4 aromatic rings. The number of morpholine rings is 1. The minimum atomic E-state index is -0.122. The predicted octanol–water partition coefficient (Wildman–Crippen LogP) is 5.04. The Hall–Kier alpha value is -4.08. The topological polar surface area (TPSA) is 88.4 Å². The number of carbonyl (C=O) groups is 1. The van der Waals surface area contributed by atoms with Crippen LogP contribution in [-0.4, -0.2) is 81.0 Å². The van der Waals surface area contributed by atoms with E-state index in [-0.39, 0.29) is 24.2 Å². The van der Waals surface area contributed by atoms with Crippen LogP contribution in [0, 0.1) is 0 Å². The van der Waals surface area contributed by atoms with E-state index in [2.05, 4.69) is 88.0 Å². The van der Waals surface area contributed by atoms with Gasteiger partial charge in [-0.05, 0) is 48.7 Å². The molecule has 2 unspecified atom stereocenters. The van der Waals surface area contributed by atoms with Crippen LogP contribution in [0.1, 0.15) is 37.3 Å². The molecule has 41 heavy (non-hydrogen) atoms. The van der Waals surface area contributed by atoms with Gasteiger partial charge in [-0.2, -0.15) is 4.80 Å². The molecule has 1 aromatic heterocycles. The largest absolute Gasteiger partial charge is 0.373 e. The molecule has 1 fully saturated rings. The second kappa shape index (κ2) is 13.5. The number of amides is 2. The molecular weight excluding hydrogens is 514 g/mol. The van der Waals surface area contributed by atoms with Crippen molar-refractivity contribution in [2.24, 2.45) is 7.05 Å². The van der Waals surface area contributed by atoms with Gasteiger partial charge in [-0.15, -0.1) is 10.2 Å². The van der Waals surface area contributed by atoms with Gasteiger partial charge in [-0.3, -0.25) is 4.90 Å². The fourth-order valence-corrected chi connectivity index (χ4v) is 5.56. The molecule has 214 valence electrons. The van der Waals surface area contributed by atoms with E-state index < -0.39 is 0 Å². The van der Waals surface area contributed by atoms with Crippen LogP contribution in [0.15, 0.2) is 84.9 Å². The Morgan fingerprint density at radius 3 is 2.22 bits per heavy atom. The van der Waals surface area contributed by atoms with Crippen LogP contribution >= 0.6 is 0 Å². The van der Waals surface area contributed by atoms with Crippen molar-refractivity contribution in [3.8, 4) is 11.4 Å². The molecule has 9 heteroatoms. The number of hydrogen-bond acceptors (Lipinski definition) is 6. The molecule has 0 bridgehead atoms. The van der Waals surface area contributed by atoms with Gasteiger partial charge in [0.2, 0.25) is 5.82 Å². The molecule has 0 spiro atoms. The van der Waals surface area contributed by atoms with Crippen LogP contribution in [0.5, 0.6) is 0 Å². The number of carbonyl (C=O) groups excluding carboxylic acids is 1. The van der Waals surface area contributed by atoms with Crippen LogP contribution in [0.2, 0.25) is 0 Å². The summed E-state index contributed by atoms with van der Waals surface area (Å²) >= 11 is 0. The summed E-state index contributed by atoms with van der Waals surface area (Å²) in [4.78, 5) is 19.5. The first-order valence-electron chi connectivity index (χ1n) is 14.3. The third-order valence-electron chi connectivity index (χ3n) is 7.44. The first-order chi connectivity index (χ1) is 19.9. The number of benzene rings is 3. The second-order valence-electron chi connectivity index (χ2n) is 10.8. The summed E-state index contributed by atoms with van der Waals surface area (Å²) in [6, 6.07) is 28.5. The lowest BCUT2D eigenvalue weighted by molar-refractivity contribution is -0.0686. The summed E-state index contributed by atoms with van der Waals surface area (Å²) in [6.45, 7) is 7.96. The van der Waals surface area contributed by atoms with Crippen molar-refractivity contribution in [3.05, 3.63) is 96.1 Å². The minimum absolute atomic E-state index is 0.122. The van der Waals surface area contributed by atoms with E-state index in [0.717, 1.165) is 31.6 Å². The fraction of sp³-hybridized carbons (Fsp3) is 0.375. The van der Waals surface area contributed by atoms with E-state index in [0.29, 0.717) is 24.6 Å². The molecule has 3 aromatic carbocycles. The number of aryl methyl sites for hydroxylation is 1. The standard InChI is InChI=1S/C32H39N7O2/c1-24-22-38(23-25(2)41-24)19-20-39(18-17-30(26-11-6-4-7-12-26)27-13-8-5-9-14-27)32(40)33-29-16-10-15-28(21-29)31-34-36-37(3)35-31/h4-16,21,24-25,30H,17-20,22-23H2,1-3H3,(H,33,40). The van der Waals surface area contributed by atoms with Crippen molar-refractivity contribution in [1.82, 2.24) is 30.0 Å². The van der Waals surface area contributed by atoms with Crippen molar-refractivity contribution >= 4 is 11.7 Å². The number of rotatable bonds is 10. The van der Waals surface area contributed by atoms with Crippen molar-refractivity contribution in [3.63, 3.8) is 0 Å². The Kier molecular flexibility index (Phi) is 9.38. The summed E-state index contributed by atoms with van der Waals surface area (Å²) in [5, 5.41) is 15.5. The van der Waals surface area contributed by atoms with E-state index in [4.69, 9.17) is 4.74 Å². The molecule has 1 aliphatic rings. The maximum absolute atomic E-state index is 13.8. The van der Waals surface area contributed by atoms with Gasteiger partial charge < -0.3 is 15.0 Å². The summed E-state index contributed by atoms with van der Waals surface area (Å²) in [6.07, 6.45) is 1.17. The Labute approximate surface area is 242 Å². The third kappa shape index (κ3) is 7.77. The van der Waals surface area contributed by atoms with Crippen LogP contribution in [0.4, 0.5) is 10.5 Å². The number of aromatic nitrogens is 4. The van der Waals surface area contributed by atoms with E-state index in [1.165, 1.54) is 15.9 Å². The monoisotopic (exact) mass is 553 g/mol. The number of nitrogens with one attached hydrogen (secondary N) is 1. The lowest BCUT2D eigenvalue weighted by Gasteiger charge is -2.36. The zero-order valence-corrected chi connectivity index (χ0v) is 24.1. The molecule has 1 saturated heterocycles. The molecule has 2 atom stereocenters. The van der Waals surface area contributed by atoms with Crippen molar-refractivity contribution in [2.75, 3.05) is 38.0 Å². The highest BCUT2D eigenvalue weighted by molar-refractivity contribution is 5.90. The summed E-state index contributed by atoms with van der Waals surface area (Å²) in [7, 11) is 1.73. The number of ether oxygens (including phenoxy) is 1. The number of anilines is 1. The maximum atomic E-state index is 13.8. The lowest BCUT2D eigenvalue weighted by atomic mass is 9.88. The Balaban J connectivity index is 1.33. The average Bonchev–Trinajstić information content (AvgIpc) is 3.42. The van der Waals surface area contributed by atoms with Crippen molar-refractivity contribution < 1.29 is 9.53 Å². The number of tetrazole rings is 1. The Morgan fingerprint density at radius 2 is 1.61 bits per heavy atom. The molecule has 2 heterocycles. The van der Waals surface area contributed by atoms with E-state index in [1.54, 1.807) is 7.05 Å². The molecule has 0 saturated carbocycles. The van der Waals surface area contributed by atoms with Gasteiger partial charge >= 0.3 is 6.03 Å². The third-order valence-corrected chi connectivity index (χ3v) is 7.44. The van der Waals surface area contributed by atoms with Gasteiger partial charge in [0.25, 0.3) is 0 Å². The molecule has 5 rings (SSSR count). The minimum Gasteiger partial charge on any atom is -0.373 e. The van der Waals surface area contributed by atoms with E-state index >= 15 is 0 Å². The molecule has 0 aliphatic carbocycles. The van der Waals surface area contributed by atoms with Gasteiger partial charge in [0, 0.05) is 49.9 Å². The van der Waals surface area contributed by atoms with Gasteiger partial charge in [0.05, 0.1) is 19.3 Å². The van der Waals surface area contributed by atoms with Crippen LogP contribution in [0.25, 0.3) is 11.4 Å². The average molecular weight is 554 g/mol. The molecule has 1 N–H and O–H groups in total. The highest BCUT2D eigenvalue weighted by Gasteiger charge is 2.24. The van der Waals surface area contributed by atoms with Crippen molar-refractivity contribution in [1.29, 1.82) is 0 Å². The van der Waals surface area contributed by atoms with Crippen molar-refractivity contribution in [2.45, 2.75) is 38.4 Å². The quantitative estimate of drug-likeness (QED) is 0.296. The van der Waals surface area contributed by atoms with E-state index in [9.17, 15) is 4.79 Å². The summed E-state index contributed by atoms with van der Waals surface area (Å²) in [5.74, 6) is 0.701. The van der Waals surface area contributed by atoms with Crippen LogP contribution < -0.4 is 5.32 Å². The summed E-state index contributed by atoms with van der Waals surface area (Å²) < 4.78 is 5.93. The normalized spacial score (nSPS) is 17.5. The van der Waals surface area contributed by atoms with Gasteiger partial charge in [-0.25, -0.2) is 4.79 Å². The van der Waals surface area contributed by atoms with Gasteiger partial charge in [0.15, 0.2) is 0 Å². The Bertz CT molecular complexity index is 1350. The summed E-state index contributed by atoms with van der Waals surface area (Å²) in [5.41, 5.74) is 3.99. The fourth-order valence-electron chi connectivity index (χ4n) is 5.56. The predicted molar refractivity (Wildman–Crippen MR) is 161 cm³/mol. The van der Waals surface area contributed by atoms with Crippen LogP contribution in [0.3, 0.4) is 0 Å². The van der Waals surface area contributed by atoms with Gasteiger partial charge in [0.1, 0.15) is 0 Å². The molecular formula is C32H39N7O2. The highest BCUT2D eigenvalue weighted by Crippen LogP contribution is 2.28. The zero-order chi connectivity index (χ0) is 28.6. The second-order valence-corrected chi connectivity index (χ2v) is 10.8. The maximum Gasteiger partial charge on any atom is 0.321 e. The molecule has 0 radical (unpaired) electrons. The Morgan fingerprint density at radius 1 is 0.951 bits per heavy atom. The number of hydrogen-bond donors (Lipinski definition) is 1. The molecule has 9 nitrogen and oxygen atoms in total. The SMILES string of the molecule is CC1CN(CCN(CCC(c2ccccc2)c2ccccc2)C(=O)Nc2cccc(-c3nnn(C)n3)c2)CC(C)O1. The first-order valence-corrected chi connectivity index (χ1v) is 14.3. The first kappa shape index (κ1) is 28.4. The number of nitrogens with zero attached hydrogens (tertiary/aromatic N) is 6. The highest BCUT2D eigenvalue weighted by atomic mass is 16.5. The molecule has 1 aliphatic heterocycles. The zero-order valence-electron chi connectivity index (χ0n) is 24.1. The molecule has 2 amide bonds. The van der Waals surface area contributed by atoms with Gasteiger partial charge in [-0.1, -0.05) is 72.8 Å². The number of urea groups is 1. The van der Waals surface area contributed by atoms with E-state index in [1.807, 2.05) is 41.3 Å². The van der Waals surface area contributed by atoms with Crippen LogP contribution in [-0.2, 0) is 11.8 Å².